The van der Waals surface area contributed by atoms with Gasteiger partial charge >= 0.3 is 0 Å². The third-order valence-corrected chi connectivity index (χ3v) is 2.88. The molecule has 0 aliphatic rings. The summed E-state index contributed by atoms with van der Waals surface area (Å²) >= 11 is 3.50. The molecule has 14 heavy (non-hydrogen) atoms. The van der Waals surface area contributed by atoms with Crippen LogP contribution in [0.15, 0.2) is 22.8 Å². The van der Waals surface area contributed by atoms with Gasteiger partial charge in [0, 0.05) is 12.6 Å². The molecule has 0 atom stereocenters. The number of aromatic nitrogens is 3. The van der Waals surface area contributed by atoms with Crippen molar-refractivity contribution in [3.05, 3.63) is 28.5 Å². The fourth-order valence-electron chi connectivity index (χ4n) is 1.33. The Hall–Kier alpha value is -1.07. The fraction of sp³-hybridized carbons (Fsp3) is 0.222. The normalized spacial score (nSPS) is 10.7. The minimum atomic E-state index is 0.616. The van der Waals surface area contributed by atoms with Gasteiger partial charge in [0.2, 0.25) is 0 Å². The van der Waals surface area contributed by atoms with Gasteiger partial charge in [-0.25, -0.2) is 0 Å². The average Bonchev–Trinajstić information content (AvgIpc) is 2.77. The van der Waals surface area contributed by atoms with E-state index < -0.39 is 0 Å². The van der Waals surface area contributed by atoms with Gasteiger partial charge in [-0.05, 0) is 34.6 Å². The minimum Gasteiger partial charge on any atom is -0.360 e. The Morgan fingerprint density at radius 3 is 3.00 bits per heavy atom. The topological polar surface area (TPSA) is 70.5 Å². The summed E-state index contributed by atoms with van der Waals surface area (Å²) in [6.45, 7) is 0.616. The van der Waals surface area contributed by atoms with Gasteiger partial charge in [-0.2, -0.15) is 5.10 Å². The van der Waals surface area contributed by atoms with Crippen LogP contribution in [0.1, 0.15) is 5.69 Å². The molecule has 0 amide bonds. The van der Waals surface area contributed by atoms with Gasteiger partial charge in [-0.3, -0.25) is 5.10 Å². The van der Waals surface area contributed by atoms with E-state index in [1.54, 1.807) is 0 Å². The monoisotopic (exact) mass is 254 g/mol. The van der Waals surface area contributed by atoms with Crippen LogP contribution in [0.25, 0.3) is 11.4 Å². The number of hydrogen-bond donors (Lipinski definition) is 3. The summed E-state index contributed by atoms with van der Waals surface area (Å²) in [5.41, 5.74) is 8.42. The highest BCUT2D eigenvalue weighted by atomic mass is 79.9. The molecule has 4 nitrogen and oxygen atoms in total. The first kappa shape index (κ1) is 9.48. The van der Waals surface area contributed by atoms with Crippen molar-refractivity contribution in [2.24, 2.45) is 5.73 Å². The predicted octanol–water partition coefficient (Wildman–Crippen LogP) is 1.67. The molecule has 0 unspecified atom stereocenters. The van der Waals surface area contributed by atoms with Crippen molar-refractivity contribution >= 4 is 15.9 Å². The maximum atomic E-state index is 5.48. The van der Waals surface area contributed by atoms with E-state index >= 15 is 0 Å². The first-order chi connectivity index (χ1) is 6.83. The molecule has 2 rings (SSSR count). The highest BCUT2D eigenvalue weighted by molar-refractivity contribution is 9.10. The molecular weight excluding hydrogens is 244 g/mol. The Morgan fingerprint density at radius 1 is 1.50 bits per heavy atom. The fourth-order valence-corrected chi connectivity index (χ4v) is 1.92. The third kappa shape index (κ3) is 1.60. The Balaban J connectivity index is 2.36. The second-order valence-electron chi connectivity index (χ2n) is 2.99. The number of nitrogens with zero attached hydrogens (tertiary/aromatic N) is 1. The van der Waals surface area contributed by atoms with Crippen molar-refractivity contribution < 1.29 is 0 Å². The third-order valence-electron chi connectivity index (χ3n) is 2.02. The zero-order chi connectivity index (χ0) is 9.97. The van der Waals surface area contributed by atoms with Crippen LogP contribution in [0.2, 0.25) is 0 Å². The van der Waals surface area contributed by atoms with Crippen molar-refractivity contribution in [2.45, 2.75) is 6.42 Å². The van der Waals surface area contributed by atoms with Crippen LogP contribution in [0.3, 0.4) is 0 Å². The number of halogens is 1. The van der Waals surface area contributed by atoms with E-state index in [1.807, 2.05) is 18.3 Å². The van der Waals surface area contributed by atoms with E-state index in [9.17, 15) is 0 Å². The van der Waals surface area contributed by atoms with E-state index in [-0.39, 0.29) is 0 Å². The van der Waals surface area contributed by atoms with E-state index in [0.717, 1.165) is 28.0 Å². The number of aromatic amines is 2. The Labute approximate surface area is 90.0 Å². The van der Waals surface area contributed by atoms with Crippen molar-refractivity contribution in [3.8, 4) is 11.4 Å². The van der Waals surface area contributed by atoms with Gasteiger partial charge in [0.05, 0.1) is 15.9 Å². The lowest BCUT2D eigenvalue weighted by atomic mass is 10.2. The molecule has 2 aromatic rings. The lowest BCUT2D eigenvalue weighted by Crippen LogP contribution is -2.03. The van der Waals surface area contributed by atoms with Crippen molar-refractivity contribution in [3.63, 3.8) is 0 Å². The molecule has 4 N–H and O–H groups in total. The highest BCUT2D eigenvalue weighted by Gasteiger charge is 2.11. The van der Waals surface area contributed by atoms with Crippen LogP contribution < -0.4 is 5.73 Å². The first-order valence-electron chi connectivity index (χ1n) is 4.39. The zero-order valence-corrected chi connectivity index (χ0v) is 9.13. The summed E-state index contributed by atoms with van der Waals surface area (Å²) < 4.78 is 0.991. The van der Waals surface area contributed by atoms with Crippen molar-refractivity contribution in [1.29, 1.82) is 0 Å². The van der Waals surface area contributed by atoms with Gasteiger partial charge in [0.15, 0.2) is 0 Å². The summed E-state index contributed by atoms with van der Waals surface area (Å²) in [6, 6.07) is 3.92. The van der Waals surface area contributed by atoms with Crippen LogP contribution >= 0.6 is 15.9 Å². The van der Waals surface area contributed by atoms with Gasteiger partial charge < -0.3 is 10.7 Å². The SMILES string of the molecule is NCCc1[nH]nc(-c2ccc[nH]2)c1Br. The molecule has 5 heteroatoms. The molecule has 0 aromatic carbocycles. The lowest BCUT2D eigenvalue weighted by Gasteiger charge is -1.94. The van der Waals surface area contributed by atoms with Crippen LogP contribution in [0.5, 0.6) is 0 Å². The lowest BCUT2D eigenvalue weighted by molar-refractivity contribution is 0.898. The van der Waals surface area contributed by atoms with Crippen LogP contribution in [-0.4, -0.2) is 21.7 Å². The van der Waals surface area contributed by atoms with Crippen LogP contribution in [0, 0.1) is 0 Å². The number of nitrogens with one attached hydrogen (secondary N) is 2. The standard InChI is InChI=1S/C9H11BrN4/c10-8-6(3-4-11)13-14-9(8)7-2-1-5-12-7/h1-2,5,12H,3-4,11H2,(H,13,14). The summed E-state index contributed by atoms with van der Waals surface area (Å²) in [5, 5.41) is 7.18. The summed E-state index contributed by atoms with van der Waals surface area (Å²) in [7, 11) is 0. The Kier molecular flexibility index (Phi) is 2.69. The Morgan fingerprint density at radius 2 is 2.36 bits per heavy atom. The molecule has 2 heterocycles. The maximum Gasteiger partial charge on any atom is 0.123 e. The molecule has 2 aromatic heterocycles. The molecule has 74 valence electrons. The summed E-state index contributed by atoms with van der Waals surface area (Å²) in [6.07, 6.45) is 2.67. The molecule has 0 spiro atoms. The number of H-pyrrole nitrogens is 2. The molecule has 0 fully saturated rings. The number of hydrogen-bond acceptors (Lipinski definition) is 2. The second-order valence-corrected chi connectivity index (χ2v) is 3.78. The molecule has 0 aliphatic carbocycles. The van der Waals surface area contributed by atoms with E-state index in [4.69, 9.17) is 5.73 Å². The maximum absolute atomic E-state index is 5.48. The Bertz CT molecular complexity index is 404. The molecule has 0 radical (unpaired) electrons. The summed E-state index contributed by atoms with van der Waals surface area (Å²) in [4.78, 5) is 3.11. The molecule has 0 aliphatic heterocycles. The van der Waals surface area contributed by atoms with Crippen molar-refractivity contribution in [1.82, 2.24) is 15.2 Å². The largest absolute Gasteiger partial charge is 0.360 e. The van der Waals surface area contributed by atoms with Gasteiger partial charge in [0.25, 0.3) is 0 Å². The molecule has 0 bridgehead atoms. The van der Waals surface area contributed by atoms with E-state index in [2.05, 4.69) is 31.1 Å². The zero-order valence-electron chi connectivity index (χ0n) is 7.55. The quantitative estimate of drug-likeness (QED) is 0.780. The molecule has 0 saturated carbocycles. The van der Waals surface area contributed by atoms with Crippen LogP contribution in [-0.2, 0) is 6.42 Å². The summed E-state index contributed by atoms with van der Waals surface area (Å²) in [5.74, 6) is 0. The van der Waals surface area contributed by atoms with E-state index in [1.165, 1.54) is 0 Å². The van der Waals surface area contributed by atoms with Gasteiger partial charge in [0.1, 0.15) is 5.69 Å². The van der Waals surface area contributed by atoms with Crippen LogP contribution in [0.4, 0.5) is 0 Å². The molecule has 0 saturated heterocycles. The molecular formula is C9H11BrN4. The highest BCUT2D eigenvalue weighted by Crippen LogP contribution is 2.27. The number of nitrogens with two attached hydrogens (primary N) is 1. The van der Waals surface area contributed by atoms with E-state index in [0.29, 0.717) is 6.54 Å². The second kappa shape index (κ2) is 3.98. The predicted molar refractivity (Wildman–Crippen MR) is 58.8 cm³/mol. The van der Waals surface area contributed by atoms with Gasteiger partial charge in [-0.1, -0.05) is 0 Å². The number of rotatable bonds is 3. The smallest absolute Gasteiger partial charge is 0.123 e. The average molecular weight is 255 g/mol. The first-order valence-corrected chi connectivity index (χ1v) is 5.19. The van der Waals surface area contributed by atoms with Gasteiger partial charge in [-0.15, -0.1) is 0 Å². The van der Waals surface area contributed by atoms with Crippen molar-refractivity contribution in [2.75, 3.05) is 6.54 Å². The minimum absolute atomic E-state index is 0.616.